The molecule has 72 valence electrons. The molecule has 0 fully saturated rings. The minimum absolute atomic E-state index is 0.572. The van der Waals surface area contributed by atoms with Gasteiger partial charge in [0.05, 0.1) is 0 Å². The number of carbonyl (C=O) groups is 1. The van der Waals surface area contributed by atoms with Crippen LogP contribution in [-0.2, 0) is 4.79 Å². The summed E-state index contributed by atoms with van der Waals surface area (Å²) in [6.45, 7) is 10.4. The first-order valence-corrected chi connectivity index (χ1v) is 4.75. The summed E-state index contributed by atoms with van der Waals surface area (Å²) in [5.74, 6) is 1.25. The van der Waals surface area contributed by atoms with Gasteiger partial charge in [0.1, 0.15) is 0 Å². The summed E-state index contributed by atoms with van der Waals surface area (Å²) in [5, 5.41) is 0. The normalized spacial score (nSPS) is 10.8. The largest absolute Gasteiger partial charge is 0.345 e. The van der Waals surface area contributed by atoms with Crippen LogP contribution in [0.25, 0.3) is 0 Å². The van der Waals surface area contributed by atoms with E-state index in [1.165, 1.54) is 0 Å². The lowest BCUT2D eigenvalue weighted by Gasteiger charge is -2.20. The molecule has 0 rings (SSSR count). The Hall–Kier alpha value is -0.530. The van der Waals surface area contributed by atoms with Crippen molar-refractivity contribution in [2.45, 2.75) is 34.1 Å². The Kier molecular flexibility index (Phi) is 5.77. The zero-order valence-electron chi connectivity index (χ0n) is 8.71. The summed E-state index contributed by atoms with van der Waals surface area (Å²) in [6, 6.07) is 0. The predicted molar refractivity (Wildman–Crippen MR) is 51.9 cm³/mol. The second-order valence-corrected chi connectivity index (χ2v) is 4.18. The Morgan fingerprint density at radius 3 is 2.08 bits per heavy atom. The highest BCUT2D eigenvalue weighted by Crippen LogP contribution is 2.02. The molecule has 0 bridgehead atoms. The van der Waals surface area contributed by atoms with Gasteiger partial charge in [-0.05, 0) is 18.3 Å². The first-order valence-electron chi connectivity index (χ1n) is 4.75. The minimum Gasteiger partial charge on any atom is -0.345 e. The fraction of sp³-hybridized carbons (Fsp3) is 0.900. The lowest BCUT2D eigenvalue weighted by atomic mass is 10.1. The molecule has 0 aromatic rings. The standard InChI is InChI=1S/C10H21NO/c1-9(2)5-6-11(8-12)7-10(3)4/h8-10H,5-7H2,1-4H3. The molecule has 0 atom stereocenters. The molecule has 0 aromatic carbocycles. The van der Waals surface area contributed by atoms with Gasteiger partial charge in [0, 0.05) is 13.1 Å². The van der Waals surface area contributed by atoms with Crippen LogP contribution in [0.3, 0.4) is 0 Å². The maximum absolute atomic E-state index is 10.6. The Morgan fingerprint density at radius 1 is 1.17 bits per heavy atom. The van der Waals surface area contributed by atoms with Gasteiger partial charge in [-0.1, -0.05) is 27.7 Å². The minimum atomic E-state index is 0.572. The summed E-state index contributed by atoms with van der Waals surface area (Å²) in [4.78, 5) is 12.4. The number of carbonyl (C=O) groups excluding carboxylic acids is 1. The molecule has 0 aliphatic carbocycles. The second kappa shape index (κ2) is 6.04. The van der Waals surface area contributed by atoms with Gasteiger partial charge in [-0.25, -0.2) is 0 Å². The van der Waals surface area contributed by atoms with E-state index in [1.807, 2.05) is 4.90 Å². The van der Waals surface area contributed by atoms with Crippen LogP contribution in [0.4, 0.5) is 0 Å². The van der Waals surface area contributed by atoms with Gasteiger partial charge in [0.2, 0.25) is 6.41 Å². The maximum Gasteiger partial charge on any atom is 0.209 e. The molecule has 0 saturated heterocycles. The van der Waals surface area contributed by atoms with Crippen molar-refractivity contribution in [1.82, 2.24) is 4.90 Å². The predicted octanol–water partition coefficient (Wildman–Crippen LogP) is 2.15. The van der Waals surface area contributed by atoms with Gasteiger partial charge in [-0.2, -0.15) is 0 Å². The molecule has 1 amide bonds. The van der Waals surface area contributed by atoms with Crippen LogP contribution < -0.4 is 0 Å². The highest BCUT2D eigenvalue weighted by molar-refractivity contribution is 5.46. The molecule has 2 heteroatoms. The van der Waals surface area contributed by atoms with Crippen molar-refractivity contribution in [3.8, 4) is 0 Å². The van der Waals surface area contributed by atoms with Gasteiger partial charge in [0.25, 0.3) is 0 Å². The number of rotatable bonds is 6. The summed E-state index contributed by atoms with van der Waals surface area (Å²) in [5.41, 5.74) is 0. The smallest absolute Gasteiger partial charge is 0.209 e. The fourth-order valence-electron chi connectivity index (χ4n) is 1.08. The zero-order chi connectivity index (χ0) is 9.56. The first-order chi connectivity index (χ1) is 5.56. The monoisotopic (exact) mass is 171 g/mol. The van der Waals surface area contributed by atoms with Gasteiger partial charge in [-0.3, -0.25) is 4.79 Å². The van der Waals surface area contributed by atoms with Crippen molar-refractivity contribution in [3.63, 3.8) is 0 Å². The van der Waals surface area contributed by atoms with Gasteiger partial charge >= 0.3 is 0 Å². The molecule has 0 unspecified atom stereocenters. The fourth-order valence-corrected chi connectivity index (χ4v) is 1.08. The average Bonchev–Trinajstić information content (AvgIpc) is 1.97. The van der Waals surface area contributed by atoms with Crippen LogP contribution in [-0.4, -0.2) is 24.4 Å². The van der Waals surface area contributed by atoms with Crippen LogP contribution >= 0.6 is 0 Å². The van der Waals surface area contributed by atoms with Crippen molar-refractivity contribution < 1.29 is 4.79 Å². The molecule has 0 aliphatic rings. The van der Waals surface area contributed by atoms with E-state index in [1.54, 1.807) is 0 Å². The number of nitrogens with zero attached hydrogens (tertiary/aromatic N) is 1. The number of hydrogen-bond acceptors (Lipinski definition) is 1. The molecule has 0 heterocycles. The highest BCUT2D eigenvalue weighted by Gasteiger charge is 2.04. The third kappa shape index (κ3) is 6.20. The van der Waals surface area contributed by atoms with E-state index in [0.717, 1.165) is 25.9 Å². The summed E-state index contributed by atoms with van der Waals surface area (Å²) in [6.07, 6.45) is 2.06. The maximum atomic E-state index is 10.6. The Bertz CT molecular complexity index is 121. The van der Waals surface area contributed by atoms with E-state index in [-0.39, 0.29) is 0 Å². The van der Waals surface area contributed by atoms with Crippen LogP contribution in [0.15, 0.2) is 0 Å². The zero-order valence-corrected chi connectivity index (χ0v) is 8.71. The van der Waals surface area contributed by atoms with E-state index in [2.05, 4.69) is 27.7 Å². The van der Waals surface area contributed by atoms with Gasteiger partial charge in [-0.15, -0.1) is 0 Å². The van der Waals surface area contributed by atoms with Crippen LogP contribution in [0, 0.1) is 11.8 Å². The molecule has 0 spiro atoms. The second-order valence-electron chi connectivity index (χ2n) is 4.18. The third-order valence-corrected chi connectivity index (χ3v) is 1.74. The molecule has 0 radical (unpaired) electrons. The average molecular weight is 171 g/mol. The SMILES string of the molecule is CC(C)CCN(C=O)CC(C)C. The third-order valence-electron chi connectivity index (χ3n) is 1.74. The number of amides is 1. The molecule has 0 N–H and O–H groups in total. The molecule has 2 nitrogen and oxygen atoms in total. The van der Waals surface area contributed by atoms with E-state index in [9.17, 15) is 4.79 Å². The van der Waals surface area contributed by atoms with Crippen molar-refractivity contribution in [2.75, 3.05) is 13.1 Å². The highest BCUT2D eigenvalue weighted by atomic mass is 16.1. The van der Waals surface area contributed by atoms with Crippen molar-refractivity contribution in [3.05, 3.63) is 0 Å². The number of hydrogen-bond donors (Lipinski definition) is 0. The van der Waals surface area contributed by atoms with Gasteiger partial charge < -0.3 is 4.90 Å². The summed E-state index contributed by atoms with van der Waals surface area (Å²) >= 11 is 0. The van der Waals surface area contributed by atoms with E-state index < -0.39 is 0 Å². The molecule has 0 saturated carbocycles. The Balaban J connectivity index is 3.60. The van der Waals surface area contributed by atoms with Crippen LogP contribution in [0.2, 0.25) is 0 Å². The lowest BCUT2D eigenvalue weighted by Crippen LogP contribution is -2.28. The van der Waals surface area contributed by atoms with Crippen molar-refractivity contribution in [1.29, 1.82) is 0 Å². The topological polar surface area (TPSA) is 20.3 Å². The Morgan fingerprint density at radius 2 is 1.75 bits per heavy atom. The Labute approximate surface area is 75.9 Å². The lowest BCUT2D eigenvalue weighted by molar-refractivity contribution is -0.118. The first kappa shape index (κ1) is 11.5. The van der Waals surface area contributed by atoms with Crippen molar-refractivity contribution in [2.24, 2.45) is 11.8 Å². The van der Waals surface area contributed by atoms with E-state index in [0.29, 0.717) is 11.8 Å². The quantitative estimate of drug-likeness (QED) is 0.561. The van der Waals surface area contributed by atoms with E-state index >= 15 is 0 Å². The molecular formula is C10H21NO. The molecule has 12 heavy (non-hydrogen) atoms. The molecule has 0 aliphatic heterocycles. The summed E-state index contributed by atoms with van der Waals surface area (Å²) in [7, 11) is 0. The van der Waals surface area contributed by atoms with Gasteiger partial charge in [0.15, 0.2) is 0 Å². The molecule has 0 aromatic heterocycles. The molecular weight excluding hydrogens is 150 g/mol. The summed E-state index contributed by atoms with van der Waals surface area (Å²) < 4.78 is 0. The van der Waals surface area contributed by atoms with Crippen molar-refractivity contribution >= 4 is 6.41 Å². The van der Waals surface area contributed by atoms with E-state index in [4.69, 9.17) is 0 Å². The van der Waals surface area contributed by atoms with Crippen LogP contribution in [0.5, 0.6) is 0 Å². The van der Waals surface area contributed by atoms with Crippen LogP contribution in [0.1, 0.15) is 34.1 Å².